The standard InChI is InChI=1S/C13H18Cl2N2O/c1-13(2,3)8-17(4)7-11(18)12-9(14)5-16-6-10(12)15/h5-6H,7-8H2,1-4H3. The van der Waals surface area contributed by atoms with Crippen LogP contribution in [0.3, 0.4) is 0 Å². The lowest BCUT2D eigenvalue weighted by Gasteiger charge is -2.26. The molecule has 0 aliphatic rings. The Hall–Kier alpha value is -0.640. The van der Waals surface area contributed by atoms with Crippen LogP contribution in [0.25, 0.3) is 0 Å². The molecule has 0 bridgehead atoms. The molecule has 0 aliphatic carbocycles. The van der Waals surface area contributed by atoms with E-state index in [1.165, 1.54) is 12.4 Å². The van der Waals surface area contributed by atoms with E-state index in [4.69, 9.17) is 23.2 Å². The molecule has 0 N–H and O–H groups in total. The van der Waals surface area contributed by atoms with Gasteiger partial charge >= 0.3 is 0 Å². The first-order chi connectivity index (χ1) is 8.20. The molecule has 0 spiro atoms. The van der Waals surface area contributed by atoms with Crippen molar-refractivity contribution >= 4 is 29.0 Å². The van der Waals surface area contributed by atoms with Gasteiger partial charge in [-0.25, -0.2) is 0 Å². The van der Waals surface area contributed by atoms with Crippen molar-refractivity contribution < 1.29 is 4.79 Å². The molecule has 0 saturated carbocycles. The summed E-state index contributed by atoms with van der Waals surface area (Å²) < 4.78 is 0. The molecule has 0 unspecified atom stereocenters. The lowest BCUT2D eigenvalue weighted by molar-refractivity contribution is 0.0927. The van der Waals surface area contributed by atoms with Crippen molar-refractivity contribution in [1.29, 1.82) is 0 Å². The summed E-state index contributed by atoms with van der Waals surface area (Å²) in [5, 5.41) is 0.605. The number of likely N-dealkylation sites (N-methyl/N-ethyl adjacent to an activating group) is 1. The van der Waals surface area contributed by atoms with Gasteiger partial charge in [-0.1, -0.05) is 44.0 Å². The van der Waals surface area contributed by atoms with E-state index in [-0.39, 0.29) is 11.2 Å². The maximum absolute atomic E-state index is 12.1. The Morgan fingerprint density at radius 2 is 1.78 bits per heavy atom. The Bertz CT molecular complexity index is 421. The van der Waals surface area contributed by atoms with Crippen LogP contribution in [0.5, 0.6) is 0 Å². The predicted octanol–water partition coefficient (Wildman–Crippen LogP) is 3.55. The van der Waals surface area contributed by atoms with Crippen LogP contribution < -0.4 is 0 Å². The van der Waals surface area contributed by atoms with Crippen molar-refractivity contribution in [2.24, 2.45) is 5.41 Å². The highest BCUT2D eigenvalue weighted by Crippen LogP contribution is 2.24. The summed E-state index contributed by atoms with van der Waals surface area (Å²) in [7, 11) is 1.91. The molecule has 18 heavy (non-hydrogen) atoms. The Morgan fingerprint density at radius 3 is 2.22 bits per heavy atom. The van der Waals surface area contributed by atoms with E-state index in [1.807, 2.05) is 11.9 Å². The topological polar surface area (TPSA) is 33.2 Å². The van der Waals surface area contributed by atoms with Gasteiger partial charge in [-0.05, 0) is 12.5 Å². The number of carbonyl (C=O) groups is 1. The Kier molecular flexibility index (Phi) is 5.14. The third-order valence-electron chi connectivity index (χ3n) is 2.29. The number of halogens is 2. The number of rotatable bonds is 4. The number of nitrogens with zero attached hydrogens (tertiary/aromatic N) is 2. The van der Waals surface area contributed by atoms with Gasteiger partial charge in [0.15, 0.2) is 5.78 Å². The summed E-state index contributed by atoms with van der Waals surface area (Å²) in [4.78, 5) is 17.9. The van der Waals surface area contributed by atoms with E-state index >= 15 is 0 Å². The number of pyridine rings is 1. The lowest BCUT2D eigenvalue weighted by atomic mass is 9.96. The second-order valence-electron chi connectivity index (χ2n) is 5.63. The SMILES string of the molecule is CN(CC(=O)c1c(Cl)cncc1Cl)CC(C)(C)C. The van der Waals surface area contributed by atoms with E-state index in [9.17, 15) is 4.79 Å². The van der Waals surface area contributed by atoms with Gasteiger partial charge < -0.3 is 0 Å². The molecule has 1 heterocycles. The number of hydrogen-bond donors (Lipinski definition) is 0. The zero-order valence-corrected chi connectivity index (χ0v) is 12.6. The summed E-state index contributed by atoms with van der Waals surface area (Å²) >= 11 is 11.9. The second kappa shape index (κ2) is 6.00. The average molecular weight is 289 g/mol. The monoisotopic (exact) mass is 288 g/mol. The first-order valence-corrected chi connectivity index (χ1v) is 6.47. The molecule has 0 saturated heterocycles. The number of carbonyl (C=O) groups excluding carboxylic acids is 1. The molecule has 1 aromatic heterocycles. The van der Waals surface area contributed by atoms with E-state index in [0.29, 0.717) is 22.2 Å². The fourth-order valence-electron chi connectivity index (χ4n) is 1.87. The fourth-order valence-corrected chi connectivity index (χ4v) is 2.44. The van der Waals surface area contributed by atoms with Crippen molar-refractivity contribution in [2.75, 3.05) is 20.1 Å². The molecule has 5 heteroatoms. The second-order valence-corrected chi connectivity index (χ2v) is 6.45. The minimum atomic E-state index is -0.0841. The van der Waals surface area contributed by atoms with Gasteiger partial charge in [0, 0.05) is 18.9 Å². The molecule has 0 aliphatic heterocycles. The van der Waals surface area contributed by atoms with Gasteiger partial charge in [-0.2, -0.15) is 0 Å². The van der Waals surface area contributed by atoms with Crippen LogP contribution in [0.15, 0.2) is 12.4 Å². The molecule has 0 aromatic carbocycles. The summed E-state index contributed by atoms with van der Waals surface area (Å²) in [5.41, 5.74) is 0.495. The van der Waals surface area contributed by atoms with Gasteiger partial charge in [0.05, 0.1) is 22.2 Å². The molecule has 100 valence electrons. The molecular formula is C13H18Cl2N2O. The van der Waals surface area contributed by atoms with Crippen molar-refractivity contribution in [3.8, 4) is 0 Å². The first kappa shape index (κ1) is 15.4. The van der Waals surface area contributed by atoms with Crippen molar-refractivity contribution in [3.05, 3.63) is 28.0 Å². The van der Waals surface area contributed by atoms with E-state index in [1.54, 1.807) is 0 Å². The molecular weight excluding hydrogens is 271 g/mol. The van der Waals surface area contributed by atoms with E-state index in [0.717, 1.165) is 6.54 Å². The Balaban J connectivity index is 2.77. The fraction of sp³-hybridized carbons (Fsp3) is 0.538. The van der Waals surface area contributed by atoms with Crippen LogP contribution in [-0.2, 0) is 0 Å². The number of Topliss-reactive ketones (excluding diaryl/α,β-unsaturated/α-hetero) is 1. The largest absolute Gasteiger partial charge is 0.298 e. The van der Waals surface area contributed by atoms with Crippen molar-refractivity contribution in [3.63, 3.8) is 0 Å². The normalized spacial score (nSPS) is 11.9. The molecule has 3 nitrogen and oxygen atoms in total. The maximum Gasteiger partial charge on any atom is 0.179 e. The molecule has 1 rings (SSSR count). The van der Waals surface area contributed by atoms with Crippen LogP contribution in [0.4, 0.5) is 0 Å². The third kappa shape index (κ3) is 4.56. The summed E-state index contributed by atoms with van der Waals surface area (Å²) in [6.07, 6.45) is 2.87. The summed E-state index contributed by atoms with van der Waals surface area (Å²) in [6, 6.07) is 0. The number of aromatic nitrogens is 1. The van der Waals surface area contributed by atoms with Gasteiger partial charge in [-0.15, -0.1) is 0 Å². The number of ketones is 1. The van der Waals surface area contributed by atoms with Crippen molar-refractivity contribution in [2.45, 2.75) is 20.8 Å². The minimum absolute atomic E-state index is 0.0841. The van der Waals surface area contributed by atoms with Crippen LogP contribution >= 0.6 is 23.2 Å². The zero-order valence-electron chi connectivity index (χ0n) is 11.1. The highest BCUT2D eigenvalue weighted by molar-refractivity contribution is 6.39. The van der Waals surface area contributed by atoms with Gasteiger partial charge in [0.2, 0.25) is 0 Å². The zero-order chi connectivity index (χ0) is 13.9. The van der Waals surface area contributed by atoms with Crippen molar-refractivity contribution in [1.82, 2.24) is 9.88 Å². The smallest absolute Gasteiger partial charge is 0.179 e. The Labute approximate surface area is 118 Å². The van der Waals surface area contributed by atoms with Crippen LogP contribution in [0.1, 0.15) is 31.1 Å². The lowest BCUT2D eigenvalue weighted by Crippen LogP contribution is -2.33. The molecule has 1 aromatic rings. The highest BCUT2D eigenvalue weighted by atomic mass is 35.5. The van der Waals surface area contributed by atoms with Crippen LogP contribution in [0, 0.1) is 5.41 Å². The summed E-state index contributed by atoms with van der Waals surface area (Å²) in [6.45, 7) is 7.49. The van der Waals surface area contributed by atoms with Gasteiger partial charge in [0.1, 0.15) is 0 Å². The molecule has 0 radical (unpaired) electrons. The third-order valence-corrected chi connectivity index (χ3v) is 2.86. The summed E-state index contributed by atoms with van der Waals surface area (Å²) in [5.74, 6) is -0.0841. The maximum atomic E-state index is 12.1. The molecule has 0 atom stereocenters. The first-order valence-electron chi connectivity index (χ1n) is 5.71. The number of hydrogen-bond acceptors (Lipinski definition) is 3. The quantitative estimate of drug-likeness (QED) is 0.795. The van der Waals surface area contributed by atoms with Crippen LogP contribution in [-0.4, -0.2) is 35.8 Å². The molecule has 0 fully saturated rings. The Morgan fingerprint density at radius 1 is 1.28 bits per heavy atom. The minimum Gasteiger partial charge on any atom is -0.298 e. The van der Waals surface area contributed by atoms with Gasteiger partial charge in [0.25, 0.3) is 0 Å². The van der Waals surface area contributed by atoms with Crippen LogP contribution in [0.2, 0.25) is 10.0 Å². The molecule has 0 amide bonds. The van der Waals surface area contributed by atoms with E-state index < -0.39 is 0 Å². The predicted molar refractivity (Wildman–Crippen MR) is 75.5 cm³/mol. The van der Waals surface area contributed by atoms with Gasteiger partial charge in [-0.3, -0.25) is 14.7 Å². The highest BCUT2D eigenvalue weighted by Gasteiger charge is 2.19. The van der Waals surface area contributed by atoms with E-state index in [2.05, 4.69) is 25.8 Å². The average Bonchev–Trinajstić information content (AvgIpc) is 2.13.